The van der Waals surface area contributed by atoms with Crippen LogP contribution in [0.2, 0.25) is 0 Å². The highest BCUT2D eigenvalue weighted by Gasteiger charge is 2.31. The monoisotopic (exact) mass is 270 g/mol. The molecule has 0 amide bonds. The molecule has 1 rings (SSSR count). The molecule has 1 aromatic rings. The van der Waals surface area contributed by atoms with Crippen LogP contribution in [0.1, 0.15) is 15.9 Å². The van der Waals surface area contributed by atoms with E-state index in [2.05, 4.69) is 5.92 Å². The Morgan fingerprint density at radius 3 is 2.68 bits per heavy atom. The maximum Gasteiger partial charge on any atom is 0.416 e. The second-order valence-electron chi connectivity index (χ2n) is 3.39. The Bertz CT molecular complexity index is 539. The van der Waals surface area contributed by atoms with Crippen LogP contribution in [0.5, 0.6) is 5.75 Å². The summed E-state index contributed by atoms with van der Waals surface area (Å²) >= 11 is 0. The number of hydrogen-bond acceptors (Lipinski definition) is 2. The first-order valence-electron chi connectivity index (χ1n) is 5.04. The van der Waals surface area contributed by atoms with Gasteiger partial charge in [-0.2, -0.15) is 13.2 Å². The van der Waals surface area contributed by atoms with Crippen molar-refractivity contribution in [3.63, 3.8) is 0 Å². The minimum atomic E-state index is -4.57. The van der Waals surface area contributed by atoms with Crippen molar-refractivity contribution in [1.82, 2.24) is 0 Å². The number of allylic oxidation sites excluding steroid dienone is 1. The van der Waals surface area contributed by atoms with E-state index in [1.807, 2.05) is 0 Å². The second-order valence-corrected chi connectivity index (χ2v) is 3.39. The van der Waals surface area contributed by atoms with Crippen molar-refractivity contribution >= 4 is 5.97 Å². The third-order valence-corrected chi connectivity index (χ3v) is 2.09. The van der Waals surface area contributed by atoms with Crippen molar-refractivity contribution in [1.29, 1.82) is 0 Å². The van der Waals surface area contributed by atoms with Gasteiger partial charge in [0.2, 0.25) is 0 Å². The molecule has 0 saturated carbocycles. The highest BCUT2D eigenvalue weighted by Crippen LogP contribution is 2.33. The fourth-order valence-electron chi connectivity index (χ4n) is 1.25. The average molecular weight is 270 g/mol. The van der Waals surface area contributed by atoms with Gasteiger partial charge in [-0.05, 0) is 30.4 Å². The van der Waals surface area contributed by atoms with E-state index in [1.165, 1.54) is 12.2 Å². The summed E-state index contributed by atoms with van der Waals surface area (Å²) < 4.78 is 42.5. The van der Waals surface area contributed by atoms with E-state index < -0.39 is 17.7 Å². The number of carboxylic acids is 1. The first-order chi connectivity index (χ1) is 8.86. The van der Waals surface area contributed by atoms with Gasteiger partial charge in [0.1, 0.15) is 17.9 Å². The molecule has 0 aliphatic rings. The molecule has 19 heavy (non-hydrogen) atoms. The predicted molar refractivity (Wildman–Crippen MR) is 61.9 cm³/mol. The Morgan fingerprint density at radius 2 is 2.16 bits per heavy atom. The average Bonchev–Trinajstić information content (AvgIpc) is 2.33. The number of rotatable bonds is 4. The molecule has 0 aliphatic carbocycles. The molecule has 0 atom stereocenters. The van der Waals surface area contributed by atoms with E-state index in [0.717, 1.165) is 6.07 Å². The molecule has 1 aromatic carbocycles. The van der Waals surface area contributed by atoms with Gasteiger partial charge in [0.25, 0.3) is 0 Å². The van der Waals surface area contributed by atoms with E-state index in [1.54, 1.807) is 0 Å². The lowest BCUT2D eigenvalue weighted by Crippen LogP contribution is -2.09. The fourth-order valence-corrected chi connectivity index (χ4v) is 1.25. The zero-order valence-corrected chi connectivity index (χ0v) is 9.57. The molecule has 3 nitrogen and oxygen atoms in total. The zero-order valence-electron chi connectivity index (χ0n) is 9.57. The van der Waals surface area contributed by atoms with E-state index in [9.17, 15) is 18.0 Å². The maximum atomic E-state index is 12.5. The smallest absolute Gasteiger partial charge is 0.416 e. The van der Waals surface area contributed by atoms with Crippen molar-refractivity contribution in [2.45, 2.75) is 6.18 Å². The summed E-state index contributed by atoms with van der Waals surface area (Å²) in [5.41, 5.74) is -1.32. The first-order valence-corrected chi connectivity index (χ1v) is 5.04. The highest BCUT2D eigenvalue weighted by atomic mass is 19.4. The Hall–Kier alpha value is -2.42. The van der Waals surface area contributed by atoms with Crippen molar-refractivity contribution in [3.8, 4) is 18.1 Å². The summed E-state index contributed by atoms with van der Waals surface area (Å²) in [6.07, 6.45) is 3.05. The van der Waals surface area contributed by atoms with Crippen LogP contribution in [-0.4, -0.2) is 17.7 Å². The summed E-state index contributed by atoms with van der Waals surface area (Å²) in [5.74, 6) is 0.442. The van der Waals surface area contributed by atoms with Gasteiger partial charge in [-0.1, -0.05) is 5.92 Å². The zero-order chi connectivity index (χ0) is 14.5. The van der Waals surface area contributed by atoms with Gasteiger partial charge in [-0.15, -0.1) is 6.42 Å². The van der Waals surface area contributed by atoms with Gasteiger partial charge >= 0.3 is 12.1 Å². The maximum absolute atomic E-state index is 12.5. The lowest BCUT2D eigenvalue weighted by molar-refractivity contribution is -0.137. The topological polar surface area (TPSA) is 46.5 Å². The Kier molecular flexibility index (Phi) is 4.59. The summed E-state index contributed by atoms with van der Waals surface area (Å²) in [6.45, 7) is -0.119. The Morgan fingerprint density at radius 1 is 1.47 bits per heavy atom. The van der Waals surface area contributed by atoms with Crippen LogP contribution in [0.3, 0.4) is 0 Å². The minimum Gasteiger partial charge on any atom is -0.489 e. The number of carbonyl (C=O) groups is 1. The van der Waals surface area contributed by atoms with Crippen LogP contribution in [0.25, 0.3) is 0 Å². The molecule has 1 N–H and O–H groups in total. The van der Waals surface area contributed by atoms with Crippen LogP contribution in [0, 0.1) is 12.3 Å². The SMILES string of the molecule is C#C/C=C\COc1cc(C(F)(F)F)ccc1C(=O)O. The molecule has 0 spiro atoms. The molecular formula is C13H9F3O3. The van der Waals surface area contributed by atoms with Crippen LogP contribution >= 0.6 is 0 Å². The molecule has 0 aliphatic heterocycles. The molecule has 100 valence electrons. The molecule has 6 heteroatoms. The number of alkyl halides is 3. The minimum absolute atomic E-state index is 0.119. The number of terminal acetylenes is 1. The van der Waals surface area contributed by atoms with Gasteiger partial charge in [0.05, 0.1) is 5.56 Å². The molecule has 0 saturated heterocycles. The summed E-state index contributed by atoms with van der Waals surface area (Å²) in [6, 6.07) is 2.19. The van der Waals surface area contributed by atoms with Gasteiger partial charge < -0.3 is 9.84 Å². The number of hydrogen-bond donors (Lipinski definition) is 1. The van der Waals surface area contributed by atoms with E-state index in [0.29, 0.717) is 12.1 Å². The normalized spacial score (nSPS) is 11.3. The van der Waals surface area contributed by atoms with Crippen LogP contribution in [0.15, 0.2) is 30.4 Å². The van der Waals surface area contributed by atoms with Gasteiger partial charge in [0, 0.05) is 0 Å². The van der Waals surface area contributed by atoms with Gasteiger partial charge in [-0.25, -0.2) is 4.79 Å². The Balaban J connectivity index is 3.06. The third-order valence-electron chi connectivity index (χ3n) is 2.09. The number of ether oxygens (including phenoxy) is 1. The fraction of sp³-hybridized carbons (Fsp3) is 0.154. The van der Waals surface area contributed by atoms with Gasteiger partial charge in [0.15, 0.2) is 0 Å². The highest BCUT2D eigenvalue weighted by molar-refractivity contribution is 5.91. The first kappa shape index (κ1) is 14.6. The molecule has 0 bridgehead atoms. The molecule has 0 radical (unpaired) electrons. The summed E-state index contributed by atoms with van der Waals surface area (Å²) in [7, 11) is 0. The summed E-state index contributed by atoms with van der Waals surface area (Å²) in [4.78, 5) is 10.9. The van der Waals surface area contributed by atoms with Crippen molar-refractivity contribution in [2.24, 2.45) is 0 Å². The van der Waals surface area contributed by atoms with E-state index >= 15 is 0 Å². The van der Waals surface area contributed by atoms with Crippen LogP contribution in [-0.2, 0) is 6.18 Å². The second kappa shape index (κ2) is 5.96. The lowest BCUT2D eigenvalue weighted by Gasteiger charge is -2.11. The largest absolute Gasteiger partial charge is 0.489 e. The van der Waals surface area contributed by atoms with E-state index in [4.69, 9.17) is 16.3 Å². The molecule has 0 heterocycles. The number of halogens is 3. The number of aromatic carboxylic acids is 1. The number of carboxylic acid groups (broad SMARTS) is 1. The molecule has 0 unspecified atom stereocenters. The number of benzene rings is 1. The Labute approximate surface area is 107 Å². The van der Waals surface area contributed by atoms with Crippen LogP contribution < -0.4 is 4.74 Å². The summed E-state index contributed by atoms with van der Waals surface area (Å²) in [5, 5.41) is 8.85. The molecule has 0 aromatic heterocycles. The standard InChI is InChI=1S/C13H9F3O3/c1-2-3-4-7-19-11-8-9(13(14,15)16)5-6-10(11)12(17)18/h1,3-6,8H,7H2,(H,17,18)/b4-3-. The van der Waals surface area contributed by atoms with Gasteiger partial charge in [-0.3, -0.25) is 0 Å². The van der Waals surface area contributed by atoms with E-state index in [-0.39, 0.29) is 17.9 Å². The van der Waals surface area contributed by atoms with Crippen molar-refractivity contribution < 1.29 is 27.8 Å². The third kappa shape index (κ3) is 4.07. The van der Waals surface area contributed by atoms with Crippen LogP contribution in [0.4, 0.5) is 13.2 Å². The van der Waals surface area contributed by atoms with Crippen molar-refractivity contribution in [3.05, 3.63) is 41.5 Å². The van der Waals surface area contributed by atoms with Crippen molar-refractivity contribution in [2.75, 3.05) is 6.61 Å². The molecular weight excluding hydrogens is 261 g/mol. The predicted octanol–water partition coefficient (Wildman–Crippen LogP) is 2.97. The molecule has 0 fully saturated rings. The quantitative estimate of drug-likeness (QED) is 0.855. The lowest BCUT2D eigenvalue weighted by atomic mass is 10.1.